The van der Waals surface area contributed by atoms with Crippen molar-refractivity contribution in [2.75, 3.05) is 0 Å². The van der Waals surface area contributed by atoms with E-state index in [1.54, 1.807) is 0 Å². The van der Waals surface area contributed by atoms with Gasteiger partial charge in [-0.1, -0.05) is 77.3 Å². The number of unbranched alkanes of at least 4 members (excludes halogenated alkanes) is 1. The summed E-state index contributed by atoms with van der Waals surface area (Å²) in [6.07, 6.45) is 13.1. The summed E-state index contributed by atoms with van der Waals surface area (Å²) in [5.41, 5.74) is -0.305. The maximum Gasteiger partial charge on any atom is 0.416 e. The Labute approximate surface area is 231 Å². The lowest BCUT2D eigenvalue weighted by molar-refractivity contribution is -0.137. The van der Waals surface area contributed by atoms with Crippen molar-refractivity contribution >= 4 is 0 Å². The van der Waals surface area contributed by atoms with Gasteiger partial charge in [0.25, 0.3) is 0 Å². The monoisotopic (exact) mass is 548 g/mol. The van der Waals surface area contributed by atoms with E-state index >= 15 is 0 Å². The van der Waals surface area contributed by atoms with Gasteiger partial charge in [-0.25, -0.2) is 8.78 Å². The summed E-state index contributed by atoms with van der Waals surface area (Å²) < 4.78 is 68.4. The Bertz CT molecular complexity index is 1000. The van der Waals surface area contributed by atoms with Gasteiger partial charge in [0.15, 0.2) is 0 Å². The van der Waals surface area contributed by atoms with Crippen molar-refractivity contribution in [3.8, 4) is 11.1 Å². The first-order chi connectivity index (χ1) is 18.7. The van der Waals surface area contributed by atoms with Crippen molar-refractivity contribution in [2.24, 2.45) is 23.7 Å². The third-order valence-corrected chi connectivity index (χ3v) is 9.80. The van der Waals surface area contributed by atoms with E-state index in [2.05, 4.69) is 13.8 Å². The van der Waals surface area contributed by atoms with Gasteiger partial charge in [-0.2, -0.15) is 13.2 Å². The van der Waals surface area contributed by atoms with Crippen molar-refractivity contribution in [1.29, 1.82) is 0 Å². The zero-order valence-electron chi connectivity index (χ0n) is 23.6. The molecule has 2 saturated carbocycles. The van der Waals surface area contributed by atoms with Gasteiger partial charge in [0.05, 0.1) is 11.1 Å². The smallest absolute Gasteiger partial charge is 0.206 e. The Morgan fingerprint density at radius 1 is 0.769 bits per heavy atom. The van der Waals surface area contributed by atoms with E-state index in [1.165, 1.54) is 76.3 Å². The third kappa shape index (κ3) is 8.07. The molecule has 216 valence electrons. The van der Waals surface area contributed by atoms with Crippen LogP contribution in [0.1, 0.15) is 121 Å². The van der Waals surface area contributed by atoms with Crippen molar-refractivity contribution < 1.29 is 22.0 Å². The highest BCUT2D eigenvalue weighted by Gasteiger charge is 2.31. The Hall–Kier alpha value is -1.91. The molecule has 0 bridgehead atoms. The molecule has 0 heterocycles. The number of hydrogen-bond acceptors (Lipinski definition) is 0. The number of rotatable bonds is 10. The molecular weight excluding hydrogens is 503 g/mol. The van der Waals surface area contributed by atoms with Gasteiger partial charge >= 0.3 is 6.18 Å². The summed E-state index contributed by atoms with van der Waals surface area (Å²) in [6.45, 7) is 4.73. The summed E-state index contributed by atoms with van der Waals surface area (Å²) >= 11 is 0. The summed E-state index contributed by atoms with van der Waals surface area (Å²) in [5.74, 6) is 2.17. The molecule has 2 aromatic rings. The molecule has 0 amide bonds. The highest BCUT2D eigenvalue weighted by molar-refractivity contribution is 5.66. The molecule has 2 aliphatic carbocycles. The molecular formula is C34H45F5. The molecule has 2 fully saturated rings. The number of alkyl halides is 3. The number of benzene rings is 2. The predicted molar refractivity (Wildman–Crippen MR) is 149 cm³/mol. The first kappa shape index (κ1) is 30.1. The van der Waals surface area contributed by atoms with E-state index in [0.29, 0.717) is 11.5 Å². The van der Waals surface area contributed by atoms with Crippen molar-refractivity contribution in [2.45, 2.75) is 116 Å². The molecule has 0 aliphatic heterocycles. The Morgan fingerprint density at radius 2 is 1.28 bits per heavy atom. The Kier molecular flexibility index (Phi) is 10.5. The topological polar surface area (TPSA) is 0 Å². The largest absolute Gasteiger partial charge is 0.416 e. The zero-order valence-corrected chi connectivity index (χ0v) is 23.6. The van der Waals surface area contributed by atoms with Gasteiger partial charge in [0.1, 0.15) is 11.6 Å². The van der Waals surface area contributed by atoms with Gasteiger partial charge < -0.3 is 0 Å². The number of halogens is 5. The molecule has 2 aliphatic rings. The minimum absolute atomic E-state index is 0.118. The summed E-state index contributed by atoms with van der Waals surface area (Å²) in [7, 11) is 0. The lowest BCUT2D eigenvalue weighted by atomic mass is 9.73. The van der Waals surface area contributed by atoms with E-state index in [9.17, 15) is 22.0 Å². The summed E-state index contributed by atoms with van der Waals surface area (Å²) in [5, 5.41) is 0. The fraction of sp³-hybridized carbons (Fsp3) is 0.647. The van der Waals surface area contributed by atoms with Crippen LogP contribution in [0.2, 0.25) is 0 Å². The third-order valence-electron chi connectivity index (χ3n) is 9.80. The van der Waals surface area contributed by atoms with Gasteiger partial charge in [-0.15, -0.1) is 0 Å². The average molecular weight is 549 g/mol. The molecule has 2 aromatic carbocycles. The standard InChI is InChI=1S/C34H45F5/c1-3-6-23(2)26-13-9-24(10-14-26)7-4-5-8-25-11-15-27(16-12-25)29-21-31(35)33(32(36)22-29)28-17-19-30(20-18-28)34(37,38)39/h17-27H,3-16H2,1-2H3. The molecule has 0 nitrogen and oxygen atoms in total. The molecule has 0 spiro atoms. The molecule has 0 radical (unpaired) electrons. The number of hydrogen-bond donors (Lipinski definition) is 0. The lowest BCUT2D eigenvalue weighted by Gasteiger charge is -2.32. The van der Waals surface area contributed by atoms with Crippen LogP contribution in [-0.2, 0) is 6.18 Å². The quantitative estimate of drug-likeness (QED) is 0.205. The highest BCUT2D eigenvalue weighted by Crippen LogP contribution is 2.41. The van der Waals surface area contributed by atoms with Crippen molar-refractivity contribution in [3.63, 3.8) is 0 Å². The fourth-order valence-corrected chi connectivity index (χ4v) is 7.32. The van der Waals surface area contributed by atoms with Crippen LogP contribution in [0.3, 0.4) is 0 Å². The van der Waals surface area contributed by atoms with Gasteiger partial charge in [0, 0.05) is 0 Å². The van der Waals surface area contributed by atoms with Crippen molar-refractivity contribution in [3.05, 3.63) is 59.2 Å². The van der Waals surface area contributed by atoms with Gasteiger partial charge in [0.2, 0.25) is 0 Å². The second-order valence-electron chi connectivity index (χ2n) is 12.5. The van der Waals surface area contributed by atoms with Crippen LogP contribution >= 0.6 is 0 Å². The molecule has 0 aromatic heterocycles. The van der Waals surface area contributed by atoms with Crippen LogP contribution in [0.4, 0.5) is 22.0 Å². The Balaban J connectivity index is 1.20. The molecule has 4 rings (SSSR count). The van der Waals surface area contributed by atoms with E-state index in [-0.39, 0.29) is 17.0 Å². The maximum atomic E-state index is 15.0. The summed E-state index contributed by atoms with van der Waals surface area (Å²) in [4.78, 5) is 0. The van der Waals surface area contributed by atoms with Crippen LogP contribution in [0.15, 0.2) is 36.4 Å². The molecule has 1 unspecified atom stereocenters. The van der Waals surface area contributed by atoms with Crippen LogP contribution in [0.5, 0.6) is 0 Å². The second kappa shape index (κ2) is 13.6. The van der Waals surface area contributed by atoms with Crippen LogP contribution < -0.4 is 0 Å². The molecule has 1 atom stereocenters. The van der Waals surface area contributed by atoms with Crippen molar-refractivity contribution in [1.82, 2.24) is 0 Å². The average Bonchev–Trinajstić information content (AvgIpc) is 2.91. The molecule has 0 N–H and O–H groups in total. The van der Waals surface area contributed by atoms with Crippen LogP contribution in [0, 0.1) is 35.3 Å². The lowest BCUT2D eigenvalue weighted by Crippen LogP contribution is -2.20. The highest BCUT2D eigenvalue weighted by atomic mass is 19.4. The molecule has 39 heavy (non-hydrogen) atoms. The van der Waals surface area contributed by atoms with Gasteiger partial charge in [-0.05, 0) is 104 Å². The normalized spacial score (nSPS) is 25.0. The molecule has 0 saturated heterocycles. The maximum absolute atomic E-state index is 15.0. The minimum Gasteiger partial charge on any atom is -0.206 e. The SMILES string of the molecule is CCCC(C)C1CCC(CCCCC2CCC(c3cc(F)c(-c4ccc(C(F)(F)F)cc4)c(F)c3)CC2)CC1. The molecule has 5 heteroatoms. The second-order valence-corrected chi connectivity index (χ2v) is 12.5. The zero-order chi connectivity index (χ0) is 28.0. The van der Waals surface area contributed by atoms with Crippen LogP contribution in [0.25, 0.3) is 11.1 Å². The fourth-order valence-electron chi connectivity index (χ4n) is 7.32. The van der Waals surface area contributed by atoms with Gasteiger partial charge in [-0.3, -0.25) is 0 Å². The van der Waals surface area contributed by atoms with E-state index in [1.807, 2.05) is 0 Å². The van der Waals surface area contributed by atoms with E-state index < -0.39 is 23.4 Å². The first-order valence-corrected chi connectivity index (χ1v) is 15.3. The van der Waals surface area contributed by atoms with E-state index in [4.69, 9.17) is 0 Å². The Morgan fingerprint density at radius 3 is 1.77 bits per heavy atom. The van der Waals surface area contributed by atoms with E-state index in [0.717, 1.165) is 67.7 Å². The first-order valence-electron chi connectivity index (χ1n) is 15.3. The van der Waals surface area contributed by atoms with Crippen LogP contribution in [-0.4, -0.2) is 0 Å². The predicted octanol–water partition coefficient (Wildman–Crippen LogP) is 11.7. The minimum atomic E-state index is -4.48. The summed E-state index contributed by atoms with van der Waals surface area (Å²) in [6, 6.07) is 6.77.